The Bertz CT molecular complexity index is 421. The third kappa shape index (κ3) is 4.27. The van der Waals surface area contributed by atoms with Crippen LogP contribution in [0.15, 0.2) is 12.1 Å². The van der Waals surface area contributed by atoms with Crippen molar-refractivity contribution in [3.05, 3.63) is 23.0 Å². The van der Waals surface area contributed by atoms with Crippen LogP contribution >= 0.6 is 11.6 Å². The normalized spacial score (nSPS) is 12.6. The lowest BCUT2D eigenvalue weighted by Crippen LogP contribution is -2.30. The van der Waals surface area contributed by atoms with Gasteiger partial charge in [-0.05, 0) is 31.4 Å². The van der Waals surface area contributed by atoms with Crippen molar-refractivity contribution in [2.45, 2.75) is 27.2 Å². The standard InChI is InChI=1S/C13H20ClN3O/c1-8(2)6-10(7-15)13(18)17-11-4-5-12(14)16-9(11)3/h4-5,8,10H,6-7,15H2,1-3H3,(H,17,18). The van der Waals surface area contributed by atoms with Crippen LogP contribution in [0.25, 0.3) is 0 Å². The van der Waals surface area contributed by atoms with E-state index < -0.39 is 0 Å². The van der Waals surface area contributed by atoms with Gasteiger partial charge in [-0.2, -0.15) is 0 Å². The van der Waals surface area contributed by atoms with Crippen LogP contribution in [0.5, 0.6) is 0 Å². The first-order valence-corrected chi connectivity index (χ1v) is 6.46. The molecule has 18 heavy (non-hydrogen) atoms. The van der Waals surface area contributed by atoms with Gasteiger partial charge in [0.05, 0.1) is 17.3 Å². The van der Waals surface area contributed by atoms with Crippen molar-refractivity contribution in [3.63, 3.8) is 0 Å². The number of aromatic nitrogens is 1. The summed E-state index contributed by atoms with van der Waals surface area (Å²) in [6.07, 6.45) is 0.780. The fourth-order valence-corrected chi connectivity index (χ4v) is 1.97. The number of carbonyl (C=O) groups excluding carboxylic acids is 1. The fourth-order valence-electron chi connectivity index (χ4n) is 1.78. The molecule has 1 unspecified atom stereocenters. The van der Waals surface area contributed by atoms with Crippen LogP contribution in [0.1, 0.15) is 26.0 Å². The molecule has 1 aromatic heterocycles. The number of amides is 1. The third-order valence-corrected chi connectivity index (χ3v) is 2.93. The van der Waals surface area contributed by atoms with Crippen molar-refractivity contribution < 1.29 is 4.79 Å². The van der Waals surface area contributed by atoms with Gasteiger partial charge in [0.2, 0.25) is 5.91 Å². The first kappa shape index (κ1) is 14.9. The summed E-state index contributed by atoms with van der Waals surface area (Å²) in [6, 6.07) is 3.41. The monoisotopic (exact) mass is 269 g/mol. The Morgan fingerprint density at radius 1 is 1.50 bits per heavy atom. The number of hydrogen-bond acceptors (Lipinski definition) is 3. The molecule has 1 atom stereocenters. The van der Waals surface area contributed by atoms with Gasteiger partial charge in [-0.15, -0.1) is 0 Å². The molecule has 1 amide bonds. The number of aryl methyl sites for hydroxylation is 1. The number of nitrogens with one attached hydrogen (secondary N) is 1. The molecule has 0 spiro atoms. The Balaban J connectivity index is 2.73. The average Bonchev–Trinajstić information content (AvgIpc) is 2.29. The second kappa shape index (κ2) is 6.71. The van der Waals surface area contributed by atoms with Gasteiger partial charge >= 0.3 is 0 Å². The maximum atomic E-state index is 12.1. The molecule has 0 fully saturated rings. The first-order valence-electron chi connectivity index (χ1n) is 6.08. The lowest BCUT2D eigenvalue weighted by atomic mass is 9.96. The fraction of sp³-hybridized carbons (Fsp3) is 0.538. The van der Waals surface area contributed by atoms with Crippen LogP contribution in [0.2, 0.25) is 5.15 Å². The number of nitrogens with zero attached hydrogens (tertiary/aromatic N) is 1. The number of carbonyl (C=O) groups is 1. The molecule has 5 heteroatoms. The summed E-state index contributed by atoms with van der Waals surface area (Å²) in [6.45, 7) is 6.31. The van der Waals surface area contributed by atoms with Crippen molar-refractivity contribution in [2.75, 3.05) is 11.9 Å². The minimum Gasteiger partial charge on any atom is -0.330 e. The van der Waals surface area contributed by atoms with E-state index in [-0.39, 0.29) is 11.8 Å². The van der Waals surface area contributed by atoms with E-state index in [4.69, 9.17) is 17.3 Å². The van der Waals surface area contributed by atoms with Crippen molar-refractivity contribution in [1.82, 2.24) is 4.98 Å². The van der Waals surface area contributed by atoms with Crippen LogP contribution < -0.4 is 11.1 Å². The van der Waals surface area contributed by atoms with E-state index in [1.165, 1.54) is 0 Å². The maximum absolute atomic E-state index is 12.1. The number of halogens is 1. The van der Waals surface area contributed by atoms with Gasteiger partial charge in [0.25, 0.3) is 0 Å². The van der Waals surface area contributed by atoms with E-state index in [9.17, 15) is 4.79 Å². The zero-order valence-electron chi connectivity index (χ0n) is 11.0. The van der Waals surface area contributed by atoms with Crippen LogP contribution in [0.4, 0.5) is 5.69 Å². The molecule has 0 radical (unpaired) electrons. The molecular formula is C13H20ClN3O. The second-order valence-electron chi connectivity index (χ2n) is 4.82. The van der Waals surface area contributed by atoms with Gasteiger partial charge in [0, 0.05) is 6.54 Å². The Labute approximate surface area is 113 Å². The highest BCUT2D eigenvalue weighted by Gasteiger charge is 2.18. The highest BCUT2D eigenvalue weighted by Crippen LogP contribution is 2.18. The predicted molar refractivity (Wildman–Crippen MR) is 74.6 cm³/mol. The van der Waals surface area contributed by atoms with Crippen molar-refractivity contribution in [1.29, 1.82) is 0 Å². The molecule has 1 rings (SSSR count). The summed E-state index contributed by atoms with van der Waals surface area (Å²) in [5.74, 6) is 0.215. The molecule has 100 valence electrons. The molecule has 0 aliphatic heterocycles. The molecule has 0 bridgehead atoms. The minimum absolute atomic E-state index is 0.0570. The molecule has 1 heterocycles. The molecule has 0 saturated carbocycles. The molecule has 0 aliphatic rings. The summed E-state index contributed by atoms with van der Waals surface area (Å²) in [7, 11) is 0. The molecular weight excluding hydrogens is 250 g/mol. The Hall–Kier alpha value is -1.13. The smallest absolute Gasteiger partial charge is 0.228 e. The molecule has 1 aromatic rings. The highest BCUT2D eigenvalue weighted by atomic mass is 35.5. The van der Waals surface area contributed by atoms with E-state index in [1.54, 1.807) is 19.1 Å². The van der Waals surface area contributed by atoms with E-state index in [0.717, 1.165) is 6.42 Å². The van der Waals surface area contributed by atoms with Gasteiger partial charge in [0.1, 0.15) is 5.15 Å². The van der Waals surface area contributed by atoms with Gasteiger partial charge in [-0.25, -0.2) is 4.98 Å². The van der Waals surface area contributed by atoms with Crippen LogP contribution in [0, 0.1) is 18.8 Å². The number of hydrogen-bond donors (Lipinski definition) is 2. The third-order valence-electron chi connectivity index (χ3n) is 2.72. The van der Waals surface area contributed by atoms with E-state index in [0.29, 0.717) is 29.0 Å². The molecule has 0 saturated heterocycles. The van der Waals surface area contributed by atoms with Gasteiger partial charge in [-0.1, -0.05) is 25.4 Å². The van der Waals surface area contributed by atoms with Gasteiger partial charge in [-0.3, -0.25) is 4.79 Å². The average molecular weight is 270 g/mol. The van der Waals surface area contributed by atoms with E-state index >= 15 is 0 Å². The van der Waals surface area contributed by atoms with Gasteiger partial charge < -0.3 is 11.1 Å². The summed E-state index contributed by atoms with van der Waals surface area (Å²) >= 11 is 5.77. The largest absolute Gasteiger partial charge is 0.330 e. The highest BCUT2D eigenvalue weighted by molar-refractivity contribution is 6.29. The van der Waals surface area contributed by atoms with Crippen molar-refractivity contribution >= 4 is 23.2 Å². The minimum atomic E-state index is -0.167. The van der Waals surface area contributed by atoms with Crippen LogP contribution in [0.3, 0.4) is 0 Å². The van der Waals surface area contributed by atoms with Crippen LogP contribution in [-0.2, 0) is 4.79 Å². The Kier molecular flexibility index (Phi) is 5.56. The Morgan fingerprint density at radius 2 is 2.17 bits per heavy atom. The lowest BCUT2D eigenvalue weighted by molar-refractivity contribution is -0.120. The first-order chi connectivity index (χ1) is 8.43. The summed E-state index contributed by atoms with van der Waals surface area (Å²) in [5.41, 5.74) is 7.03. The predicted octanol–water partition coefficient (Wildman–Crippen LogP) is 2.60. The molecule has 0 aromatic carbocycles. The van der Waals surface area contributed by atoms with Crippen molar-refractivity contribution in [3.8, 4) is 0 Å². The number of rotatable bonds is 5. The summed E-state index contributed by atoms with van der Waals surface area (Å²) in [5, 5.41) is 3.27. The molecule has 3 N–H and O–H groups in total. The lowest BCUT2D eigenvalue weighted by Gasteiger charge is -2.17. The number of pyridine rings is 1. The SMILES string of the molecule is Cc1nc(Cl)ccc1NC(=O)C(CN)CC(C)C. The van der Waals surface area contributed by atoms with Crippen molar-refractivity contribution in [2.24, 2.45) is 17.6 Å². The topological polar surface area (TPSA) is 68.0 Å². The van der Waals surface area contributed by atoms with E-state index in [1.807, 2.05) is 0 Å². The molecule has 0 aliphatic carbocycles. The second-order valence-corrected chi connectivity index (χ2v) is 5.21. The zero-order valence-corrected chi connectivity index (χ0v) is 11.8. The summed E-state index contributed by atoms with van der Waals surface area (Å²) < 4.78 is 0. The van der Waals surface area contributed by atoms with Crippen LogP contribution in [-0.4, -0.2) is 17.4 Å². The van der Waals surface area contributed by atoms with E-state index in [2.05, 4.69) is 24.1 Å². The number of anilines is 1. The zero-order chi connectivity index (χ0) is 13.7. The molecule has 4 nitrogen and oxygen atoms in total. The quantitative estimate of drug-likeness (QED) is 0.808. The number of nitrogens with two attached hydrogens (primary N) is 1. The maximum Gasteiger partial charge on any atom is 0.228 e. The summed E-state index contributed by atoms with van der Waals surface area (Å²) in [4.78, 5) is 16.2. The Morgan fingerprint density at radius 3 is 2.67 bits per heavy atom. The van der Waals surface area contributed by atoms with Gasteiger partial charge in [0.15, 0.2) is 0 Å².